The predicted molar refractivity (Wildman–Crippen MR) is 91.2 cm³/mol. The largest absolute Gasteiger partial charge is 0.380 e. The lowest BCUT2D eigenvalue weighted by Crippen LogP contribution is -1.96. The average molecular weight is 344 g/mol. The summed E-state index contributed by atoms with van der Waals surface area (Å²) in [6.07, 6.45) is 0. The molecule has 3 rings (SSSR count). The maximum absolute atomic E-state index is 3.44. The quantitative estimate of drug-likeness (QED) is 0.632. The number of nitrogens with one attached hydrogen (secondary N) is 1. The molecule has 0 aliphatic rings. The van der Waals surface area contributed by atoms with Crippen LogP contribution in [-0.4, -0.2) is 0 Å². The highest BCUT2D eigenvalue weighted by Gasteiger charge is 2.02. The topological polar surface area (TPSA) is 12.0 Å². The van der Waals surface area contributed by atoms with Gasteiger partial charge in [0.1, 0.15) is 0 Å². The second-order valence-electron chi connectivity index (χ2n) is 4.53. The molecule has 20 heavy (non-hydrogen) atoms. The number of halogens is 1. The number of hydrogen-bond acceptors (Lipinski definition) is 2. The molecule has 0 aliphatic heterocycles. The van der Waals surface area contributed by atoms with E-state index in [0.717, 1.165) is 16.7 Å². The first-order valence-corrected chi connectivity index (χ1v) is 8.11. The Bertz CT molecular complexity index is 674. The Morgan fingerprint density at radius 1 is 0.900 bits per heavy atom. The van der Waals surface area contributed by atoms with Crippen LogP contribution in [0, 0.1) is 0 Å². The molecule has 0 spiro atoms. The van der Waals surface area contributed by atoms with E-state index >= 15 is 0 Å². The molecule has 0 saturated carbocycles. The minimum atomic E-state index is 0.860. The first-order valence-electron chi connectivity index (χ1n) is 6.43. The van der Waals surface area contributed by atoms with Gasteiger partial charge in [-0.05, 0) is 46.8 Å². The molecule has 1 nitrogen and oxygen atoms in total. The summed E-state index contributed by atoms with van der Waals surface area (Å²) in [5, 5.41) is 5.66. The Labute approximate surface area is 131 Å². The summed E-state index contributed by atoms with van der Waals surface area (Å²) in [5.41, 5.74) is 3.71. The number of benzene rings is 2. The normalized spacial score (nSPS) is 10.4. The maximum atomic E-state index is 3.44. The minimum absolute atomic E-state index is 0.860. The Morgan fingerprint density at radius 2 is 1.65 bits per heavy atom. The summed E-state index contributed by atoms with van der Waals surface area (Å²) in [4.78, 5) is 1.34. The third kappa shape index (κ3) is 3.30. The first kappa shape index (κ1) is 13.4. The number of hydrogen-bond donors (Lipinski definition) is 1. The second-order valence-corrected chi connectivity index (χ2v) is 6.44. The third-order valence-electron chi connectivity index (χ3n) is 3.07. The summed E-state index contributed by atoms with van der Waals surface area (Å²) in [5.74, 6) is 0. The zero-order chi connectivity index (χ0) is 13.8. The molecular formula is C17H14BrNS. The van der Waals surface area contributed by atoms with Gasteiger partial charge in [-0.25, -0.2) is 0 Å². The number of anilines is 1. The van der Waals surface area contributed by atoms with Crippen molar-refractivity contribution < 1.29 is 0 Å². The Balaban J connectivity index is 1.67. The van der Waals surface area contributed by atoms with Crippen molar-refractivity contribution in [1.29, 1.82) is 0 Å². The Morgan fingerprint density at radius 3 is 2.40 bits per heavy atom. The summed E-state index contributed by atoms with van der Waals surface area (Å²) < 4.78 is 1.10. The molecule has 0 saturated heterocycles. The van der Waals surface area contributed by atoms with E-state index in [1.807, 2.05) is 18.2 Å². The molecule has 2 aromatic carbocycles. The van der Waals surface area contributed by atoms with Gasteiger partial charge < -0.3 is 5.32 Å². The fourth-order valence-corrected chi connectivity index (χ4v) is 3.11. The van der Waals surface area contributed by atoms with Crippen LogP contribution in [0.5, 0.6) is 0 Å². The van der Waals surface area contributed by atoms with E-state index in [0.29, 0.717) is 0 Å². The zero-order valence-electron chi connectivity index (χ0n) is 10.8. The number of rotatable bonds is 4. The van der Waals surface area contributed by atoms with Crippen LogP contribution in [0.2, 0.25) is 0 Å². The van der Waals surface area contributed by atoms with Gasteiger partial charge in [-0.15, -0.1) is 11.3 Å². The van der Waals surface area contributed by atoms with Crippen LogP contribution in [0.3, 0.4) is 0 Å². The molecule has 0 aliphatic carbocycles. The van der Waals surface area contributed by atoms with Crippen molar-refractivity contribution in [3.8, 4) is 11.1 Å². The lowest BCUT2D eigenvalue weighted by molar-refractivity contribution is 1.19. The van der Waals surface area contributed by atoms with Crippen LogP contribution in [0.1, 0.15) is 4.88 Å². The van der Waals surface area contributed by atoms with Crippen LogP contribution in [0.25, 0.3) is 11.1 Å². The van der Waals surface area contributed by atoms with Crippen molar-refractivity contribution in [1.82, 2.24) is 0 Å². The zero-order valence-corrected chi connectivity index (χ0v) is 13.2. The number of thiophene rings is 1. The van der Waals surface area contributed by atoms with Crippen LogP contribution < -0.4 is 5.32 Å². The molecule has 0 unspecified atom stereocenters. The smallest absolute Gasteiger partial charge is 0.0494 e. The molecule has 3 aromatic rings. The fourth-order valence-electron chi connectivity index (χ4n) is 2.01. The molecule has 0 atom stereocenters. The van der Waals surface area contributed by atoms with E-state index in [9.17, 15) is 0 Å². The molecule has 1 N–H and O–H groups in total. The summed E-state index contributed by atoms with van der Waals surface area (Å²) >= 11 is 5.24. The maximum Gasteiger partial charge on any atom is 0.0494 e. The van der Waals surface area contributed by atoms with Gasteiger partial charge >= 0.3 is 0 Å². The minimum Gasteiger partial charge on any atom is -0.380 e. The van der Waals surface area contributed by atoms with Gasteiger partial charge in [0.25, 0.3) is 0 Å². The molecule has 0 bridgehead atoms. The van der Waals surface area contributed by atoms with Gasteiger partial charge in [-0.1, -0.05) is 46.3 Å². The van der Waals surface area contributed by atoms with E-state index in [2.05, 4.69) is 69.1 Å². The highest BCUT2D eigenvalue weighted by Crippen LogP contribution is 2.26. The molecule has 1 aromatic heterocycles. The molecule has 3 heteroatoms. The predicted octanol–water partition coefficient (Wildman–Crippen LogP) is 5.79. The van der Waals surface area contributed by atoms with Crippen molar-refractivity contribution in [2.24, 2.45) is 0 Å². The van der Waals surface area contributed by atoms with Crippen molar-refractivity contribution in [2.75, 3.05) is 5.32 Å². The molecule has 0 radical (unpaired) electrons. The monoisotopic (exact) mass is 343 g/mol. The van der Waals surface area contributed by atoms with Gasteiger partial charge in [-0.3, -0.25) is 0 Å². The Hall–Kier alpha value is -1.58. The Kier molecular flexibility index (Phi) is 4.19. The fraction of sp³-hybridized carbons (Fsp3) is 0.0588. The van der Waals surface area contributed by atoms with Gasteiger partial charge in [-0.2, -0.15) is 0 Å². The van der Waals surface area contributed by atoms with Crippen molar-refractivity contribution >= 4 is 33.0 Å². The summed E-state index contributed by atoms with van der Waals surface area (Å²) in [7, 11) is 0. The first-order chi connectivity index (χ1) is 9.81. The van der Waals surface area contributed by atoms with Gasteiger partial charge in [0.05, 0.1) is 0 Å². The van der Waals surface area contributed by atoms with Gasteiger partial charge in [0.2, 0.25) is 0 Å². The van der Waals surface area contributed by atoms with Crippen molar-refractivity contribution in [3.05, 3.63) is 75.4 Å². The average Bonchev–Trinajstić information content (AvgIpc) is 2.97. The van der Waals surface area contributed by atoms with E-state index in [1.165, 1.54) is 16.0 Å². The standard InChI is InChI=1S/C17H14BrNS/c18-15-6-8-16(9-7-15)19-11-17-10-14(12-20-17)13-4-2-1-3-5-13/h1-10,12,19H,11H2. The highest BCUT2D eigenvalue weighted by molar-refractivity contribution is 9.10. The SMILES string of the molecule is Brc1ccc(NCc2cc(-c3ccccc3)cs2)cc1. The van der Waals surface area contributed by atoms with E-state index in [1.54, 1.807) is 11.3 Å². The lowest BCUT2D eigenvalue weighted by atomic mass is 10.1. The van der Waals surface area contributed by atoms with Crippen LogP contribution >= 0.6 is 27.3 Å². The van der Waals surface area contributed by atoms with Gasteiger partial charge in [0.15, 0.2) is 0 Å². The molecule has 100 valence electrons. The van der Waals surface area contributed by atoms with Crippen LogP contribution in [0.15, 0.2) is 70.5 Å². The van der Waals surface area contributed by atoms with Crippen molar-refractivity contribution in [3.63, 3.8) is 0 Å². The summed E-state index contributed by atoms with van der Waals surface area (Å²) in [6.45, 7) is 0.860. The highest BCUT2D eigenvalue weighted by atomic mass is 79.9. The molecule has 0 fully saturated rings. The van der Waals surface area contributed by atoms with Crippen LogP contribution in [0.4, 0.5) is 5.69 Å². The van der Waals surface area contributed by atoms with E-state index < -0.39 is 0 Å². The second kappa shape index (κ2) is 6.25. The third-order valence-corrected chi connectivity index (χ3v) is 4.54. The summed E-state index contributed by atoms with van der Waals surface area (Å²) in [6, 6.07) is 21.0. The van der Waals surface area contributed by atoms with E-state index in [-0.39, 0.29) is 0 Å². The molecular weight excluding hydrogens is 330 g/mol. The molecule has 0 amide bonds. The van der Waals surface area contributed by atoms with Gasteiger partial charge in [0, 0.05) is 21.6 Å². The molecule has 1 heterocycles. The lowest BCUT2D eigenvalue weighted by Gasteiger charge is -2.04. The van der Waals surface area contributed by atoms with Crippen LogP contribution in [-0.2, 0) is 6.54 Å². The van der Waals surface area contributed by atoms with Crippen molar-refractivity contribution in [2.45, 2.75) is 6.54 Å². The van der Waals surface area contributed by atoms with E-state index in [4.69, 9.17) is 0 Å².